The minimum absolute atomic E-state index is 0.0730. The van der Waals surface area contributed by atoms with Gasteiger partial charge in [0.05, 0.1) is 6.61 Å². The van der Waals surface area contributed by atoms with Gasteiger partial charge in [-0.2, -0.15) is 0 Å². The summed E-state index contributed by atoms with van der Waals surface area (Å²) in [6.07, 6.45) is 9.93. The first-order chi connectivity index (χ1) is 11.2. The van der Waals surface area contributed by atoms with Gasteiger partial charge in [-0.05, 0) is 45.7 Å². The van der Waals surface area contributed by atoms with Gasteiger partial charge in [-0.25, -0.2) is 4.79 Å². The lowest BCUT2D eigenvalue weighted by molar-refractivity contribution is -0.141. The molecule has 132 valence electrons. The molecule has 0 atom stereocenters. The number of carbonyl (C=O) groups is 2. The number of ether oxygens (including phenoxy) is 1. The Kier molecular flexibility index (Phi) is 7.15. The van der Waals surface area contributed by atoms with Gasteiger partial charge in [0, 0.05) is 12.1 Å². The van der Waals surface area contributed by atoms with Crippen molar-refractivity contribution < 1.29 is 14.3 Å². The van der Waals surface area contributed by atoms with Crippen molar-refractivity contribution in [2.75, 3.05) is 32.8 Å². The number of carbonyl (C=O) groups excluding carboxylic acids is 2. The van der Waals surface area contributed by atoms with E-state index in [1.54, 1.807) is 6.92 Å². The van der Waals surface area contributed by atoms with E-state index in [2.05, 4.69) is 15.5 Å². The Hall–Kier alpha value is -1.30. The molecule has 1 saturated carbocycles. The van der Waals surface area contributed by atoms with Gasteiger partial charge in [0.15, 0.2) is 0 Å². The molecule has 0 bridgehead atoms. The van der Waals surface area contributed by atoms with Crippen molar-refractivity contribution in [3.63, 3.8) is 0 Å². The van der Waals surface area contributed by atoms with Crippen molar-refractivity contribution in [3.05, 3.63) is 0 Å². The van der Waals surface area contributed by atoms with Gasteiger partial charge in [0.25, 0.3) is 0 Å². The summed E-state index contributed by atoms with van der Waals surface area (Å²) in [7, 11) is 0. The quantitative estimate of drug-likeness (QED) is 0.733. The Morgan fingerprint density at radius 1 is 1.00 bits per heavy atom. The Bertz CT molecular complexity index is 389. The van der Waals surface area contributed by atoms with Crippen LogP contribution in [0.15, 0.2) is 0 Å². The Balaban J connectivity index is 1.83. The number of likely N-dealkylation sites (tertiary alicyclic amines) is 1. The Morgan fingerprint density at radius 2 is 1.65 bits per heavy atom. The molecule has 0 aromatic heterocycles. The molecule has 0 aromatic carbocycles. The van der Waals surface area contributed by atoms with Gasteiger partial charge >= 0.3 is 12.0 Å². The molecule has 2 fully saturated rings. The van der Waals surface area contributed by atoms with Crippen molar-refractivity contribution in [3.8, 4) is 0 Å². The molecule has 1 aliphatic heterocycles. The topological polar surface area (TPSA) is 70.7 Å². The number of nitrogens with one attached hydrogen (secondary N) is 2. The highest BCUT2D eigenvalue weighted by molar-refractivity contribution is 5.80. The lowest BCUT2D eigenvalue weighted by Gasteiger charge is -2.48. The van der Waals surface area contributed by atoms with Crippen LogP contribution in [0.25, 0.3) is 0 Å². The number of nitrogens with zero attached hydrogens (tertiary/aromatic N) is 1. The van der Waals surface area contributed by atoms with Gasteiger partial charge in [-0.1, -0.05) is 25.7 Å². The maximum absolute atomic E-state index is 12.0. The van der Waals surface area contributed by atoms with Crippen LogP contribution in [-0.4, -0.2) is 55.2 Å². The fourth-order valence-electron chi connectivity index (χ4n) is 3.85. The van der Waals surface area contributed by atoms with Crippen LogP contribution in [0.2, 0.25) is 0 Å². The zero-order valence-electron chi connectivity index (χ0n) is 14.4. The summed E-state index contributed by atoms with van der Waals surface area (Å²) in [6.45, 7) is 4.97. The predicted octanol–water partition coefficient (Wildman–Crippen LogP) is 2.04. The highest BCUT2D eigenvalue weighted by Crippen LogP contribution is 2.35. The molecule has 1 heterocycles. The molecule has 2 rings (SSSR count). The number of esters is 1. The summed E-state index contributed by atoms with van der Waals surface area (Å²) >= 11 is 0. The van der Waals surface area contributed by atoms with Crippen LogP contribution in [-0.2, 0) is 9.53 Å². The lowest BCUT2D eigenvalue weighted by atomic mass is 9.79. The minimum Gasteiger partial charge on any atom is -0.465 e. The highest BCUT2D eigenvalue weighted by atomic mass is 16.5. The number of hydrogen-bond donors (Lipinski definition) is 2. The van der Waals surface area contributed by atoms with Gasteiger partial charge < -0.3 is 15.4 Å². The van der Waals surface area contributed by atoms with Crippen LogP contribution in [0.4, 0.5) is 4.79 Å². The first-order valence-corrected chi connectivity index (χ1v) is 9.09. The first kappa shape index (κ1) is 18.0. The number of hydrogen-bond acceptors (Lipinski definition) is 4. The van der Waals surface area contributed by atoms with Crippen molar-refractivity contribution in [2.45, 2.75) is 63.8 Å². The minimum atomic E-state index is -0.397. The summed E-state index contributed by atoms with van der Waals surface area (Å²) in [6, 6.07) is -0.278. The maximum Gasteiger partial charge on any atom is 0.325 e. The molecule has 0 unspecified atom stereocenters. The molecule has 6 nitrogen and oxygen atoms in total. The van der Waals surface area contributed by atoms with E-state index in [4.69, 9.17) is 4.74 Å². The van der Waals surface area contributed by atoms with E-state index in [0.717, 1.165) is 25.9 Å². The van der Waals surface area contributed by atoms with Gasteiger partial charge in [0.1, 0.15) is 6.54 Å². The van der Waals surface area contributed by atoms with Gasteiger partial charge in [-0.15, -0.1) is 0 Å². The van der Waals surface area contributed by atoms with Gasteiger partial charge in [0.2, 0.25) is 0 Å². The average Bonchev–Trinajstić information content (AvgIpc) is 2.60. The summed E-state index contributed by atoms with van der Waals surface area (Å²) < 4.78 is 4.81. The summed E-state index contributed by atoms with van der Waals surface area (Å²) in [5.74, 6) is -0.397. The number of amides is 2. The third kappa shape index (κ3) is 5.37. The van der Waals surface area contributed by atoms with E-state index >= 15 is 0 Å². The molecule has 0 aromatic rings. The van der Waals surface area contributed by atoms with Crippen LogP contribution in [0.5, 0.6) is 0 Å². The van der Waals surface area contributed by atoms with E-state index in [1.165, 1.54) is 38.5 Å². The van der Waals surface area contributed by atoms with E-state index in [0.29, 0.717) is 13.2 Å². The van der Waals surface area contributed by atoms with Crippen LogP contribution in [0, 0.1) is 0 Å². The molecule has 1 saturated heterocycles. The molecule has 6 heteroatoms. The Labute approximate surface area is 139 Å². The average molecular weight is 325 g/mol. The molecule has 1 aliphatic carbocycles. The van der Waals surface area contributed by atoms with Crippen LogP contribution >= 0.6 is 0 Å². The van der Waals surface area contributed by atoms with E-state index in [9.17, 15) is 9.59 Å². The van der Waals surface area contributed by atoms with E-state index in [1.807, 2.05) is 0 Å². The normalized spacial score (nSPS) is 21.4. The van der Waals surface area contributed by atoms with Crippen LogP contribution in [0.1, 0.15) is 58.3 Å². The monoisotopic (exact) mass is 325 g/mol. The third-order valence-electron chi connectivity index (χ3n) is 5.09. The summed E-state index contributed by atoms with van der Waals surface area (Å²) in [5, 5.41) is 5.57. The highest BCUT2D eigenvalue weighted by Gasteiger charge is 2.38. The van der Waals surface area contributed by atoms with Crippen molar-refractivity contribution in [1.82, 2.24) is 15.5 Å². The Morgan fingerprint density at radius 3 is 2.30 bits per heavy atom. The van der Waals surface area contributed by atoms with Crippen LogP contribution < -0.4 is 10.6 Å². The second kappa shape index (κ2) is 9.11. The number of urea groups is 1. The molecule has 23 heavy (non-hydrogen) atoms. The molecule has 2 N–H and O–H groups in total. The van der Waals surface area contributed by atoms with Crippen molar-refractivity contribution in [1.29, 1.82) is 0 Å². The van der Waals surface area contributed by atoms with E-state index in [-0.39, 0.29) is 18.1 Å². The number of piperidine rings is 1. The number of rotatable bonds is 6. The zero-order valence-corrected chi connectivity index (χ0v) is 14.4. The molecule has 2 amide bonds. The first-order valence-electron chi connectivity index (χ1n) is 9.09. The smallest absolute Gasteiger partial charge is 0.325 e. The maximum atomic E-state index is 12.0. The fourth-order valence-corrected chi connectivity index (χ4v) is 3.85. The SMILES string of the molecule is CCOC(=O)CNC(=O)NCC1(N2CCCCC2)CCCCC1. The second-order valence-corrected chi connectivity index (χ2v) is 6.67. The molecular weight excluding hydrogens is 294 g/mol. The molecule has 0 radical (unpaired) electrons. The van der Waals surface area contributed by atoms with Crippen molar-refractivity contribution in [2.24, 2.45) is 0 Å². The standard InChI is InChI=1S/C17H31N3O3/c1-2-23-15(21)13-18-16(22)19-14-17(9-5-3-6-10-17)20-11-7-4-8-12-20/h2-14H2,1H3,(H2,18,19,22). The third-order valence-corrected chi connectivity index (χ3v) is 5.09. The van der Waals surface area contributed by atoms with Gasteiger partial charge in [-0.3, -0.25) is 9.69 Å². The second-order valence-electron chi connectivity index (χ2n) is 6.67. The fraction of sp³-hybridized carbons (Fsp3) is 0.882. The molecule has 0 spiro atoms. The summed E-state index contributed by atoms with van der Waals surface area (Å²) in [4.78, 5) is 25.9. The van der Waals surface area contributed by atoms with Crippen LogP contribution in [0.3, 0.4) is 0 Å². The summed E-state index contributed by atoms with van der Waals surface area (Å²) in [5.41, 5.74) is 0.111. The van der Waals surface area contributed by atoms with Crippen molar-refractivity contribution >= 4 is 12.0 Å². The molecular formula is C17H31N3O3. The van der Waals surface area contributed by atoms with E-state index < -0.39 is 5.97 Å². The predicted molar refractivity (Wildman–Crippen MR) is 89.3 cm³/mol. The lowest BCUT2D eigenvalue weighted by Crippen LogP contribution is -2.59. The largest absolute Gasteiger partial charge is 0.465 e. The zero-order chi connectivity index (χ0) is 16.5. The molecule has 2 aliphatic rings.